The Morgan fingerprint density at radius 3 is 2.43 bits per heavy atom. The van der Waals surface area contributed by atoms with Gasteiger partial charge < -0.3 is 20.9 Å². The molecule has 0 saturated carbocycles. The fraction of sp³-hybridized carbons (Fsp3) is 0.280. The number of para-hydroxylation sites is 1. The Morgan fingerprint density at radius 2 is 1.77 bits per heavy atom. The van der Waals surface area contributed by atoms with Gasteiger partial charge in [-0.2, -0.15) is 32.3 Å². The highest BCUT2D eigenvalue weighted by atomic mass is 32.1. The Morgan fingerprint density at radius 1 is 1.06 bits per heavy atom. The summed E-state index contributed by atoms with van der Waals surface area (Å²) < 4.78 is 0. The van der Waals surface area contributed by atoms with E-state index in [1.54, 1.807) is 6.07 Å². The molecule has 1 fully saturated rings. The number of nitrogens with zero attached hydrogens (tertiary/aromatic N) is 1. The molecule has 2 heterocycles. The largest absolute Gasteiger partial charge is 0.356 e. The van der Waals surface area contributed by atoms with Crippen molar-refractivity contribution in [3.63, 3.8) is 0 Å². The number of hydrogen-bond donors (Lipinski definition) is 4. The molecular weight excluding hydrogens is 482 g/mol. The molecule has 1 aliphatic rings. The van der Waals surface area contributed by atoms with Crippen molar-refractivity contribution >= 4 is 55.6 Å². The summed E-state index contributed by atoms with van der Waals surface area (Å²) in [5, 5.41) is 18.7. The average Bonchev–Trinajstić information content (AvgIpc) is 3.44. The van der Waals surface area contributed by atoms with Gasteiger partial charge in [-0.3, -0.25) is 14.4 Å². The molecule has 0 bridgehead atoms. The number of carbonyl (C=O) groups excluding carboxylic acids is 3. The molecule has 1 saturated heterocycles. The summed E-state index contributed by atoms with van der Waals surface area (Å²) in [6, 6.07) is 19.0. The van der Waals surface area contributed by atoms with Crippen molar-refractivity contribution in [2.24, 2.45) is 5.92 Å². The number of hydrogen-bond acceptors (Lipinski definition) is 4. The summed E-state index contributed by atoms with van der Waals surface area (Å²) >= 11 is 0. The standard InChI is InChI=1S/C25H25N5O3.2H2S/c26-15-19(13-18-10-11-27-23(18)31)28-24(32)21(12-16-6-2-1-3-7-16)30-25(33)22-14-17-8-4-5-9-20(17)29-22;;/h1-9,14,18-19,21,29H,10-13H2,(H,27,31)(H,28,32)(H,30,33);2*1H2/t18?,19-,21-;;/m0../s1. The van der Waals surface area contributed by atoms with Gasteiger partial charge in [0.25, 0.3) is 5.91 Å². The van der Waals surface area contributed by atoms with Gasteiger partial charge in [0, 0.05) is 29.8 Å². The number of rotatable bonds is 8. The van der Waals surface area contributed by atoms with Crippen molar-refractivity contribution < 1.29 is 14.4 Å². The molecule has 1 aromatic heterocycles. The zero-order valence-electron chi connectivity index (χ0n) is 19.0. The van der Waals surface area contributed by atoms with E-state index in [0.717, 1.165) is 16.5 Å². The molecule has 4 rings (SSSR count). The molecule has 3 aromatic rings. The van der Waals surface area contributed by atoms with Crippen LogP contribution >= 0.6 is 27.0 Å². The van der Waals surface area contributed by atoms with Gasteiger partial charge >= 0.3 is 0 Å². The summed E-state index contributed by atoms with van der Waals surface area (Å²) in [6.45, 7) is 0.576. The number of amides is 3. The zero-order chi connectivity index (χ0) is 23.2. The third kappa shape index (κ3) is 7.04. The lowest BCUT2D eigenvalue weighted by atomic mass is 9.98. The lowest BCUT2D eigenvalue weighted by Gasteiger charge is -2.21. The van der Waals surface area contributed by atoms with Crippen LogP contribution in [0.2, 0.25) is 0 Å². The lowest BCUT2D eigenvalue weighted by Crippen LogP contribution is -2.51. The first-order valence-corrected chi connectivity index (χ1v) is 10.9. The Hall–Kier alpha value is -3.42. The first-order valence-electron chi connectivity index (χ1n) is 10.9. The molecule has 184 valence electrons. The van der Waals surface area contributed by atoms with E-state index in [4.69, 9.17) is 0 Å². The number of H-pyrrole nitrogens is 1. The number of aromatic nitrogens is 1. The van der Waals surface area contributed by atoms with E-state index in [9.17, 15) is 19.6 Å². The van der Waals surface area contributed by atoms with E-state index in [-0.39, 0.29) is 51.7 Å². The first kappa shape index (κ1) is 27.8. The number of aromatic amines is 1. The van der Waals surface area contributed by atoms with Crippen LogP contribution in [0.1, 0.15) is 28.9 Å². The molecule has 10 heteroatoms. The molecule has 35 heavy (non-hydrogen) atoms. The molecular formula is C25H29N5O3S2. The molecule has 0 spiro atoms. The molecule has 3 atom stereocenters. The Balaban J connectivity index is 0.00000216. The molecule has 1 aliphatic heterocycles. The van der Waals surface area contributed by atoms with Crippen LogP contribution in [0.5, 0.6) is 0 Å². The minimum absolute atomic E-state index is 0. The third-order valence-electron chi connectivity index (χ3n) is 5.83. The molecule has 8 nitrogen and oxygen atoms in total. The zero-order valence-corrected chi connectivity index (χ0v) is 21.0. The van der Waals surface area contributed by atoms with Crippen molar-refractivity contribution in [3.8, 4) is 6.07 Å². The fourth-order valence-electron chi connectivity index (χ4n) is 4.06. The molecule has 4 N–H and O–H groups in total. The smallest absolute Gasteiger partial charge is 0.268 e. The van der Waals surface area contributed by atoms with Crippen LogP contribution in [-0.4, -0.2) is 41.3 Å². The van der Waals surface area contributed by atoms with Crippen molar-refractivity contribution in [1.82, 2.24) is 20.9 Å². The van der Waals surface area contributed by atoms with Crippen molar-refractivity contribution in [3.05, 3.63) is 71.9 Å². The third-order valence-corrected chi connectivity index (χ3v) is 5.83. The van der Waals surface area contributed by atoms with Crippen LogP contribution in [0.3, 0.4) is 0 Å². The molecule has 2 aromatic carbocycles. The Labute approximate surface area is 217 Å². The van der Waals surface area contributed by atoms with E-state index in [1.807, 2.05) is 54.6 Å². The van der Waals surface area contributed by atoms with Gasteiger partial charge in [-0.1, -0.05) is 48.5 Å². The SMILES string of the molecule is N#C[C@H](CC1CCNC1=O)NC(=O)[C@H](Cc1ccccc1)NC(=O)c1cc2ccccc2[nH]1.S.S. The quantitative estimate of drug-likeness (QED) is 0.370. The van der Waals surface area contributed by atoms with Crippen LogP contribution in [-0.2, 0) is 16.0 Å². The predicted molar refractivity (Wildman–Crippen MR) is 144 cm³/mol. The highest BCUT2D eigenvalue weighted by molar-refractivity contribution is 7.59. The number of benzene rings is 2. The van der Waals surface area contributed by atoms with Gasteiger partial charge in [-0.15, -0.1) is 0 Å². The summed E-state index contributed by atoms with van der Waals surface area (Å²) in [5.74, 6) is -1.28. The second kappa shape index (κ2) is 12.9. The summed E-state index contributed by atoms with van der Waals surface area (Å²) in [4.78, 5) is 41.0. The minimum atomic E-state index is -0.889. The first-order chi connectivity index (χ1) is 16.0. The van der Waals surface area contributed by atoms with Crippen molar-refractivity contribution in [2.45, 2.75) is 31.3 Å². The summed E-state index contributed by atoms with van der Waals surface area (Å²) in [7, 11) is 0. The maximum Gasteiger partial charge on any atom is 0.268 e. The molecule has 1 unspecified atom stereocenters. The van der Waals surface area contributed by atoms with E-state index >= 15 is 0 Å². The number of nitriles is 1. The second-order valence-electron chi connectivity index (χ2n) is 8.19. The topological polar surface area (TPSA) is 127 Å². The highest BCUT2D eigenvalue weighted by Crippen LogP contribution is 2.17. The van der Waals surface area contributed by atoms with Gasteiger partial charge in [0.2, 0.25) is 11.8 Å². The van der Waals surface area contributed by atoms with Crippen LogP contribution in [0.15, 0.2) is 60.7 Å². The number of fused-ring (bicyclic) bond motifs is 1. The monoisotopic (exact) mass is 511 g/mol. The van der Waals surface area contributed by atoms with E-state index < -0.39 is 23.9 Å². The van der Waals surface area contributed by atoms with Crippen molar-refractivity contribution in [2.75, 3.05) is 6.54 Å². The number of nitrogens with one attached hydrogen (secondary N) is 4. The Kier molecular flexibility index (Phi) is 10.2. The van der Waals surface area contributed by atoms with Gasteiger partial charge in [0.1, 0.15) is 17.8 Å². The van der Waals surface area contributed by atoms with Crippen LogP contribution in [0.4, 0.5) is 0 Å². The van der Waals surface area contributed by atoms with E-state index in [0.29, 0.717) is 18.7 Å². The van der Waals surface area contributed by atoms with Gasteiger partial charge in [-0.25, -0.2) is 0 Å². The predicted octanol–water partition coefficient (Wildman–Crippen LogP) is 2.27. The maximum atomic E-state index is 13.1. The second-order valence-corrected chi connectivity index (χ2v) is 8.19. The minimum Gasteiger partial charge on any atom is -0.356 e. The van der Waals surface area contributed by atoms with Crippen LogP contribution in [0, 0.1) is 17.2 Å². The van der Waals surface area contributed by atoms with Gasteiger partial charge in [-0.05, 0) is 30.5 Å². The van der Waals surface area contributed by atoms with E-state index in [2.05, 4.69) is 27.0 Å². The Bertz CT molecular complexity index is 1180. The molecule has 0 aliphatic carbocycles. The van der Waals surface area contributed by atoms with E-state index in [1.165, 1.54) is 0 Å². The van der Waals surface area contributed by atoms with Crippen LogP contribution < -0.4 is 16.0 Å². The number of carbonyl (C=O) groups is 3. The highest BCUT2D eigenvalue weighted by Gasteiger charge is 2.30. The van der Waals surface area contributed by atoms with Gasteiger partial charge in [0.05, 0.1) is 6.07 Å². The van der Waals surface area contributed by atoms with Gasteiger partial charge in [0.15, 0.2) is 0 Å². The maximum absolute atomic E-state index is 13.1. The lowest BCUT2D eigenvalue weighted by molar-refractivity contribution is -0.125. The summed E-state index contributed by atoms with van der Waals surface area (Å²) in [5.41, 5.74) is 2.05. The normalized spacial score (nSPS) is 16.1. The fourth-order valence-corrected chi connectivity index (χ4v) is 4.06. The summed E-state index contributed by atoms with van der Waals surface area (Å²) in [6.07, 6.45) is 1.14. The van der Waals surface area contributed by atoms with Crippen LogP contribution in [0.25, 0.3) is 10.9 Å². The van der Waals surface area contributed by atoms with Crippen molar-refractivity contribution in [1.29, 1.82) is 5.26 Å². The average molecular weight is 512 g/mol. The molecule has 0 radical (unpaired) electrons. The molecule has 3 amide bonds.